The smallest absolute Gasteiger partial charge is 0.203 e. The minimum Gasteiger partial charge on any atom is -0.496 e. The molecule has 0 saturated carbocycles. The number of hydrogen-bond donors (Lipinski definition) is 1. The van der Waals surface area contributed by atoms with Crippen LogP contribution in [0.15, 0.2) is 59.0 Å². The summed E-state index contributed by atoms with van der Waals surface area (Å²) in [4.78, 5) is 4.55. The highest BCUT2D eigenvalue weighted by atomic mass is 32.1. The number of benzene rings is 2. The van der Waals surface area contributed by atoms with Crippen LogP contribution in [-0.4, -0.2) is 18.3 Å². The number of nitrogens with one attached hydrogen (secondary N) is 1. The molecule has 0 atom stereocenters. The SMILES string of the molecule is COc1ccccc1/C=N/Nc1nc(-c2ccc(C)cc2)cs1. The third-order valence-corrected chi connectivity index (χ3v) is 4.10. The van der Waals surface area contributed by atoms with E-state index in [4.69, 9.17) is 4.74 Å². The van der Waals surface area contributed by atoms with Crippen molar-refractivity contribution < 1.29 is 4.74 Å². The average molecular weight is 323 g/mol. The fourth-order valence-corrected chi connectivity index (χ4v) is 2.78. The van der Waals surface area contributed by atoms with E-state index in [1.54, 1.807) is 13.3 Å². The first-order valence-electron chi connectivity index (χ1n) is 7.21. The van der Waals surface area contributed by atoms with Crippen molar-refractivity contribution in [3.05, 3.63) is 65.0 Å². The van der Waals surface area contributed by atoms with Gasteiger partial charge < -0.3 is 4.74 Å². The predicted molar refractivity (Wildman–Crippen MR) is 96.5 cm³/mol. The molecule has 116 valence electrons. The van der Waals surface area contributed by atoms with Crippen molar-refractivity contribution in [2.24, 2.45) is 5.10 Å². The van der Waals surface area contributed by atoms with E-state index in [0.29, 0.717) is 0 Å². The zero-order valence-electron chi connectivity index (χ0n) is 13.0. The first-order valence-corrected chi connectivity index (χ1v) is 8.09. The lowest BCUT2D eigenvalue weighted by Crippen LogP contribution is -1.93. The molecule has 1 aromatic heterocycles. The molecule has 0 aliphatic carbocycles. The number of ether oxygens (including phenoxy) is 1. The second kappa shape index (κ2) is 7.07. The quantitative estimate of drug-likeness (QED) is 0.552. The van der Waals surface area contributed by atoms with Gasteiger partial charge in [0, 0.05) is 16.5 Å². The van der Waals surface area contributed by atoms with Crippen molar-refractivity contribution >= 4 is 22.7 Å². The van der Waals surface area contributed by atoms with Crippen LogP contribution in [0.2, 0.25) is 0 Å². The van der Waals surface area contributed by atoms with E-state index in [9.17, 15) is 0 Å². The molecule has 0 spiro atoms. The number of methoxy groups -OCH3 is 1. The molecule has 1 heterocycles. The van der Waals surface area contributed by atoms with Crippen molar-refractivity contribution in [3.63, 3.8) is 0 Å². The second-order valence-electron chi connectivity index (χ2n) is 5.02. The summed E-state index contributed by atoms with van der Waals surface area (Å²) in [5, 5.41) is 7.01. The van der Waals surface area contributed by atoms with Crippen LogP contribution >= 0.6 is 11.3 Å². The lowest BCUT2D eigenvalue weighted by Gasteiger charge is -2.02. The summed E-state index contributed by atoms with van der Waals surface area (Å²) in [6, 6.07) is 16.0. The minimum absolute atomic E-state index is 0.756. The van der Waals surface area contributed by atoms with Crippen LogP contribution in [0, 0.1) is 6.92 Å². The number of aromatic nitrogens is 1. The van der Waals surface area contributed by atoms with Crippen LogP contribution < -0.4 is 10.2 Å². The number of anilines is 1. The number of para-hydroxylation sites is 1. The Morgan fingerprint density at radius 1 is 1.13 bits per heavy atom. The van der Waals surface area contributed by atoms with E-state index in [1.165, 1.54) is 16.9 Å². The van der Waals surface area contributed by atoms with Crippen molar-refractivity contribution in [1.82, 2.24) is 4.98 Å². The molecule has 0 aliphatic rings. The third kappa shape index (κ3) is 3.76. The highest BCUT2D eigenvalue weighted by Crippen LogP contribution is 2.25. The van der Waals surface area contributed by atoms with Crippen LogP contribution in [0.25, 0.3) is 11.3 Å². The summed E-state index contributed by atoms with van der Waals surface area (Å²) in [7, 11) is 1.65. The van der Waals surface area contributed by atoms with Crippen LogP contribution in [0.4, 0.5) is 5.13 Å². The molecule has 23 heavy (non-hydrogen) atoms. The summed E-state index contributed by atoms with van der Waals surface area (Å²) in [5.74, 6) is 0.789. The largest absolute Gasteiger partial charge is 0.496 e. The molecule has 0 aliphatic heterocycles. The maximum atomic E-state index is 5.29. The second-order valence-corrected chi connectivity index (χ2v) is 5.87. The Morgan fingerprint density at radius 2 is 1.91 bits per heavy atom. The third-order valence-electron chi connectivity index (χ3n) is 3.35. The number of aryl methyl sites for hydroxylation is 1. The Labute approximate surface area is 139 Å². The van der Waals surface area contributed by atoms with Crippen molar-refractivity contribution in [3.8, 4) is 17.0 Å². The lowest BCUT2D eigenvalue weighted by atomic mass is 10.1. The van der Waals surface area contributed by atoms with E-state index in [-0.39, 0.29) is 0 Å². The Balaban J connectivity index is 1.70. The van der Waals surface area contributed by atoms with Crippen molar-refractivity contribution in [2.45, 2.75) is 6.92 Å². The van der Waals surface area contributed by atoms with Gasteiger partial charge in [0.15, 0.2) is 0 Å². The van der Waals surface area contributed by atoms with E-state index in [0.717, 1.165) is 27.7 Å². The highest BCUT2D eigenvalue weighted by Gasteiger charge is 2.03. The van der Waals surface area contributed by atoms with Crippen LogP contribution in [0.3, 0.4) is 0 Å². The Kier molecular flexibility index (Phi) is 4.68. The van der Waals surface area contributed by atoms with Crippen LogP contribution in [0.5, 0.6) is 5.75 Å². The van der Waals surface area contributed by atoms with E-state index < -0.39 is 0 Å². The maximum Gasteiger partial charge on any atom is 0.203 e. The van der Waals surface area contributed by atoms with Gasteiger partial charge in [-0.2, -0.15) is 5.10 Å². The zero-order chi connectivity index (χ0) is 16.1. The molecule has 4 nitrogen and oxygen atoms in total. The van der Waals surface area contributed by atoms with Gasteiger partial charge in [0.2, 0.25) is 5.13 Å². The molecular formula is C18H17N3OS. The van der Waals surface area contributed by atoms with Gasteiger partial charge in [-0.3, -0.25) is 5.43 Å². The minimum atomic E-state index is 0.756. The maximum absolute atomic E-state index is 5.29. The first kappa shape index (κ1) is 15.2. The molecule has 5 heteroatoms. The Morgan fingerprint density at radius 3 is 2.70 bits per heavy atom. The predicted octanol–water partition coefficient (Wildman–Crippen LogP) is 4.57. The molecule has 3 aromatic rings. The topological polar surface area (TPSA) is 46.5 Å². The van der Waals surface area contributed by atoms with E-state index >= 15 is 0 Å². The highest BCUT2D eigenvalue weighted by molar-refractivity contribution is 7.14. The monoisotopic (exact) mass is 323 g/mol. The van der Waals surface area contributed by atoms with E-state index in [2.05, 4.69) is 46.7 Å². The molecule has 1 N–H and O–H groups in total. The van der Waals surface area contributed by atoms with Gasteiger partial charge in [0.25, 0.3) is 0 Å². The summed E-state index contributed by atoms with van der Waals surface area (Å²) < 4.78 is 5.29. The van der Waals surface area contributed by atoms with Crippen molar-refractivity contribution in [1.29, 1.82) is 0 Å². The molecule has 0 saturated heterocycles. The normalized spacial score (nSPS) is 10.9. The Hall–Kier alpha value is -2.66. The number of thiazole rings is 1. The number of nitrogens with zero attached hydrogens (tertiary/aromatic N) is 2. The zero-order valence-corrected chi connectivity index (χ0v) is 13.8. The number of hydrazone groups is 1. The molecular weight excluding hydrogens is 306 g/mol. The molecule has 0 unspecified atom stereocenters. The molecule has 3 rings (SSSR count). The van der Waals surface area contributed by atoms with Crippen LogP contribution in [-0.2, 0) is 0 Å². The number of rotatable bonds is 5. The fourth-order valence-electron chi connectivity index (χ4n) is 2.11. The molecule has 2 aromatic carbocycles. The first-order chi connectivity index (χ1) is 11.3. The standard InChI is InChI=1S/C18H17N3OS/c1-13-7-9-14(10-8-13)16-12-23-18(20-16)21-19-11-15-5-3-4-6-17(15)22-2/h3-12H,1-2H3,(H,20,21)/b19-11+. The summed E-state index contributed by atoms with van der Waals surface area (Å²) in [6.45, 7) is 2.07. The van der Waals surface area contributed by atoms with Gasteiger partial charge in [0.05, 0.1) is 19.0 Å². The molecule has 0 amide bonds. The van der Waals surface area contributed by atoms with Gasteiger partial charge >= 0.3 is 0 Å². The van der Waals surface area contributed by atoms with Gasteiger partial charge in [-0.15, -0.1) is 11.3 Å². The van der Waals surface area contributed by atoms with Crippen LogP contribution in [0.1, 0.15) is 11.1 Å². The summed E-state index contributed by atoms with van der Waals surface area (Å²) >= 11 is 1.53. The summed E-state index contributed by atoms with van der Waals surface area (Å²) in [5.41, 5.74) is 7.18. The van der Waals surface area contributed by atoms with E-state index in [1.807, 2.05) is 29.6 Å². The molecule has 0 bridgehead atoms. The van der Waals surface area contributed by atoms with Crippen molar-refractivity contribution in [2.75, 3.05) is 12.5 Å². The lowest BCUT2D eigenvalue weighted by molar-refractivity contribution is 0.414. The summed E-state index contributed by atoms with van der Waals surface area (Å²) in [6.07, 6.45) is 1.73. The van der Waals surface area contributed by atoms with Gasteiger partial charge in [-0.25, -0.2) is 4.98 Å². The fraction of sp³-hybridized carbons (Fsp3) is 0.111. The molecule has 0 radical (unpaired) electrons. The molecule has 0 fully saturated rings. The van der Waals surface area contributed by atoms with Gasteiger partial charge in [-0.05, 0) is 19.1 Å². The van der Waals surface area contributed by atoms with Gasteiger partial charge in [-0.1, -0.05) is 42.0 Å². The average Bonchev–Trinajstić information content (AvgIpc) is 3.05. The number of hydrogen-bond acceptors (Lipinski definition) is 5. The Bertz CT molecular complexity index is 809. The van der Waals surface area contributed by atoms with Gasteiger partial charge in [0.1, 0.15) is 5.75 Å².